The fourth-order valence-electron chi connectivity index (χ4n) is 1.84. The second-order valence-corrected chi connectivity index (χ2v) is 4.44. The molecule has 2 aromatic rings. The highest BCUT2D eigenvalue weighted by molar-refractivity contribution is 5.89. The summed E-state index contributed by atoms with van der Waals surface area (Å²) >= 11 is 0. The standard InChI is InChI=1S/C14H16N4O3/c19-13(20)9-10-2-1-3-11(8-10)18-14(21)17-5-4-12-15-6-7-16-12/h1-3,6-8H,4-5,9H2,(H,15,16)(H,19,20)(H2,17,18,21). The minimum absolute atomic E-state index is 0.0738. The van der Waals surface area contributed by atoms with Gasteiger partial charge in [-0.1, -0.05) is 12.1 Å². The number of carboxylic acid groups (broad SMARTS) is 1. The third-order valence-corrected chi connectivity index (χ3v) is 2.74. The van der Waals surface area contributed by atoms with Gasteiger partial charge in [0.15, 0.2) is 0 Å². The lowest BCUT2D eigenvalue weighted by molar-refractivity contribution is -0.136. The molecule has 0 unspecified atom stereocenters. The van der Waals surface area contributed by atoms with Crippen molar-refractivity contribution in [2.45, 2.75) is 12.8 Å². The van der Waals surface area contributed by atoms with Crippen LogP contribution in [0.25, 0.3) is 0 Å². The van der Waals surface area contributed by atoms with Crippen LogP contribution < -0.4 is 10.6 Å². The molecule has 7 heteroatoms. The van der Waals surface area contributed by atoms with Gasteiger partial charge in [0, 0.05) is 31.0 Å². The maximum Gasteiger partial charge on any atom is 0.319 e. The molecule has 4 N–H and O–H groups in total. The number of nitrogens with one attached hydrogen (secondary N) is 3. The van der Waals surface area contributed by atoms with E-state index in [9.17, 15) is 9.59 Å². The molecular weight excluding hydrogens is 272 g/mol. The van der Waals surface area contributed by atoms with E-state index in [-0.39, 0.29) is 12.5 Å². The van der Waals surface area contributed by atoms with Crippen LogP contribution in [0.1, 0.15) is 11.4 Å². The summed E-state index contributed by atoms with van der Waals surface area (Å²) in [7, 11) is 0. The molecule has 0 radical (unpaired) electrons. The number of H-pyrrole nitrogens is 1. The van der Waals surface area contributed by atoms with Crippen molar-refractivity contribution in [3.63, 3.8) is 0 Å². The number of aromatic nitrogens is 2. The Bertz CT molecular complexity index is 610. The molecule has 1 aromatic heterocycles. The van der Waals surface area contributed by atoms with Gasteiger partial charge in [0.25, 0.3) is 0 Å². The van der Waals surface area contributed by atoms with E-state index in [0.717, 1.165) is 5.82 Å². The van der Waals surface area contributed by atoms with Gasteiger partial charge in [-0.05, 0) is 17.7 Å². The van der Waals surface area contributed by atoms with Crippen LogP contribution in [-0.4, -0.2) is 33.6 Å². The van der Waals surface area contributed by atoms with Gasteiger partial charge in [-0.2, -0.15) is 0 Å². The summed E-state index contributed by atoms with van der Waals surface area (Å²) in [5, 5.41) is 14.1. The summed E-state index contributed by atoms with van der Waals surface area (Å²) < 4.78 is 0. The Kier molecular flexibility index (Phi) is 4.92. The predicted molar refractivity (Wildman–Crippen MR) is 77.1 cm³/mol. The first kappa shape index (κ1) is 14.6. The summed E-state index contributed by atoms with van der Waals surface area (Å²) in [6, 6.07) is 6.41. The normalized spacial score (nSPS) is 10.1. The molecule has 21 heavy (non-hydrogen) atoms. The molecule has 0 aliphatic carbocycles. The summed E-state index contributed by atoms with van der Waals surface area (Å²) in [6.07, 6.45) is 3.92. The molecule has 1 heterocycles. The number of hydrogen-bond acceptors (Lipinski definition) is 3. The highest BCUT2D eigenvalue weighted by Gasteiger charge is 2.04. The topological polar surface area (TPSA) is 107 Å². The number of carbonyl (C=O) groups is 2. The first-order valence-electron chi connectivity index (χ1n) is 6.47. The van der Waals surface area contributed by atoms with Crippen molar-refractivity contribution in [3.8, 4) is 0 Å². The van der Waals surface area contributed by atoms with E-state index in [0.29, 0.717) is 24.2 Å². The Labute approximate surface area is 121 Å². The zero-order valence-electron chi connectivity index (χ0n) is 11.3. The molecule has 0 saturated carbocycles. The molecule has 0 aliphatic rings. The molecule has 2 rings (SSSR count). The fraction of sp³-hybridized carbons (Fsp3) is 0.214. The molecule has 1 aromatic carbocycles. The first-order chi connectivity index (χ1) is 10.1. The lowest BCUT2D eigenvalue weighted by Crippen LogP contribution is -2.30. The van der Waals surface area contributed by atoms with Crippen molar-refractivity contribution in [1.82, 2.24) is 15.3 Å². The van der Waals surface area contributed by atoms with Crippen LogP contribution in [0.15, 0.2) is 36.7 Å². The van der Waals surface area contributed by atoms with Gasteiger partial charge in [-0.3, -0.25) is 4.79 Å². The van der Waals surface area contributed by atoms with Gasteiger partial charge in [-0.15, -0.1) is 0 Å². The first-order valence-corrected chi connectivity index (χ1v) is 6.47. The van der Waals surface area contributed by atoms with E-state index in [1.54, 1.807) is 36.7 Å². The zero-order valence-corrected chi connectivity index (χ0v) is 11.3. The third-order valence-electron chi connectivity index (χ3n) is 2.74. The van der Waals surface area contributed by atoms with Crippen LogP contribution in [0.5, 0.6) is 0 Å². The van der Waals surface area contributed by atoms with E-state index in [1.165, 1.54) is 0 Å². The summed E-state index contributed by atoms with van der Waals surface area (Å²) in [5.74, 6) is -0.103. The summed E-state index contributed by atoms with van der Waals surface area (Å²) in [5.41, 5.74) is 1.19. The van der Waals surface area contributed by atoms with Crippen molar-refractivity contribution in [1.29, 1.82) is 0 Å². The number of aromatic amines is 1. The predicted octanol–water partition coefficient (Wildman–Crippen LogP) is 1.40. The number of rotatable bonds is 6. The molecular formula is C14H16N4O3. The largest absolute Gasteiger partial charge is 0.481 e. The molecule has 0 aliphatic heterocycles. The SMILES string of the molecule is O=C(O)Cc1cccc(NC(=O)NCCc2ncc[nH]2)c1. The number of amides is 2. The van der Waals surface area contributed by atoms with Gasteiger partial charge in [0.1, 0.15) is 5.82 Å². The van der Waals surface area contributed by atoms with E-state index >= 15 is 0 Å². The van der Waals surface area contributed by atoms with E-state index in [1.807, 2.05) is 0 Å². The summed E-state index contributed by atoms with van der Waals surface area (Å²) in [4.78, 5) is 29.4. The van der Waals surface area contributed by atoms with E-state index < -0.39 is 5.97 Å². The van der Waals surface area contributed by atoms with Crippen LogP contribution in [0.3, 0.4) is 0 Å². The Morgan fingerprint density at radius 1 is 1.33 bits per heavy atom. The minimum Gasteiger partial charge on any atom is -0.481 e. The maximum absolute atomic E-state index is 11.7. The molecule has 0 fully saturated rings. The number of urea groups is 1. The van der Waals surface area contributed by atoms with Crippen LogP contribution in [-0.2, 0) is 17.6 Å². The number of carbonyl (C=O) groups excluding carboxylic acids is 1. The van der Waals surface area contributed by atoms with Gasteiger partial charge >= 0.3 is 12.0 Å². The lowest BCUT2D eigenvalue weighted by Gasteiger charge is -2.08. The van der Waals surface area contributed by atoms with Crippen molar-refractivity contribution in [2.24, 2.45) is 0 Å². The lowest BCUT2D eigenvalue weighted by atomic mass is 10.1. The van der Waals surface area contributed by atoms with Gasteiger partial charge in [0.05, 0.1) is 6.42 Å². The van der Waals surface area contributed by atoms with Crippen molar-refractivity contribution >= 4 is 17.7 Å². The van der Waals surface area contributed by atoms with E-state index in [4.69, 9.17) is 5.11 Å². The van der Waals surface area contributed by atoms with Gasteiger partial charge < -0.3 is 20.7 Å². The van der Waals surface area contributed by atoms with Crippen molar-refractivity contribution in [3.05, 3.63) is 48.0 Å². The molecule has 110 valence electrons. The minimum atomic E-state index is -0.907. The van der Waals surface area contributed by atoms with Crippen molar-refractivity contribution in [2.75, 3.05) is 11.9 Å². The molecule has 0 spiro atoms. The number of anilines is 1. The highest BCUT2D eigenvalue weighted by Crippen LogP contribution is 2.11. The smallest absolute Gasteiger partial charge is 0.319 e. The van der Waals surface area contributed by atoms with Gasteiger partial charge in [-0.25, -0.2) is 9.78 Å². The second-order valence-electron chi connectivity index (χ2n) is 4.44. The third kappa shape index (κ3) is 4.98. The summed E-state index contributed by atoms with van der Waals surface area (Å²) in [6.45, 7) is 0.453. The fourth-order valence-corrected chi connectivity index (χ4v) is 1.84. The average Bonchev–Trinajstić information content (AvgIpc) is 2.91. The number of hydrogen-bond donors (Lipinski definition) is 4. The number of imidazole rings is 1. The van der Waals surface area contributed by atoms with Crippen LogP contribution in [0, 0.1) is 0 Å². The Hall–Kier alpha value is -2.83. The van der Waals surface area contributed by atoms with Crippen LogP contribution >= 0.6 is 0 Å². The molecule has 2 amide bonds. The molecule has 0 saturated heterocycles. The number of aliphatic carboxylic acids is 1. The van der Waals surface area contributed by atoms with Crippen molar-refractivity contribution < 1.29 is 14.7 Å². The average molecular weight is 288 g/mol. The highest BCUT2D eigenvalue weighted by atomic mass is 16.4. The number of nitrogens with zero attached hydrogens (tertiary/aromatic N) is 1. The Balaban J connectivity index is 1.80. The molecule has 0 atom stereocenters. The quantitative estimate of drug-likeness (QED) is 0.644. The Morgan fingerprint density at radius 2 is 2.19 bits per heavy atom. The maximum atomic E-state index is 11.7. The van der Waals surface area contributed by atoms with Gasteiger partial charge in [0.2, 0.25) is 0 Å². The van der Waals surface area contributed by atoms with Crippen LogP contribution in [0.4, 0.5) is 10.5 Å². The molecule has 0 bridgehead atoms. The van der Waals surface area contributed by atoms with Crippen LogP contribution in [0.2, 0.25) is 0 Å². The monoisotopic (exact) mass is 288 g/mol. The number of carboxylic acids is 1. The second kappa shape index (κ2) is 7.09. The number of benzene rings is 1. The molecule has 7 nitrogen and oxygen atoms in total. The Morgan fingerprint density at radius 3 is 2.90 bits per heavy atom. The zero-order chi connectivity index (χ0) is 15.1. The van der Waals surface area contributed by atoms with E-state index in [2.05, 4.69) is 20.6 Å².